The fourth-order valence-corrected chi connectivity index (χ4v) is 2.27. The van der Waals surface area contributed by atoms with E-state index in [1.54, 1.807) is 0 Å². The molecule has 0 amide bonds. The Kier molecular flexibility index (Phi) is 4.14. The molecule has 0 spiro atoms. The number of halogens is 1. The Morgan fingerprint density at radius 1 is 1.28 bits per heavy atom. The molecule has 0 bridgehead atoms. The maximum atomic E-state index is 5.82. The molecule has 1 aromatic rings. The summed E-state index contributed by atoms with van der Waals surface area (Å²) in [6.45, 7) is 6.02. The van der Waals surface area contributed by atoms with Gasteiger partial charge in [0, 0.05) is 9.89 Å². The molecule has 1 aliphatic rings. The maximum absolute atomic E-state index is 5.82. The molecular formula is C13H18BrNO3. The molecule has 0 unspecified atom stereocenters. The highest BCUT2D eigenvalue weighted by Crippen LogP contribution is 2.37. The fraction of sp³-hybridized carbons (Fsp3) is 0.538. The van der Waals surface area contributed by atoms with Gasteiger partial charge < -0.3 is 14.3 Å². The maximum Gasteiger partial charge on any atom is 0.162 e. The van der Waals surface area contributed by atoms with Crippen LogP contribution in [0.2, 0.25) is 0 Å². The van der Waals surface area contributed by atoms with E-state index in [0.717, 1.165) is 28.0 Å². The highest BCUT2D eigenvalue weighted by molar-refractivity contribution is 9.10. The minimum atomic E-state index is 0.0199. The van der Waals surface area contributed by atoms with Crippen molar-refractivity contribution < 1.29 is 14.3 Å². The average Bonchev–Trinajstić information content (AvgIpc) is 2.46. The number of rotatable bonds is 3. The predicted octanol–water partition coefficient (Wildman–Crippen LogP) is 2.68. The lowest BCUT2D eigenvalue weighted by Gasteiger charge is -2.19. The number of hydrogen-bond acceptors (Lipinski definition) is 4. The van der Waals surface area contributed by atoms with Crippen molar-refractivity contribution >= 4 is 15.9 Å². The van der Waals surface area contributed by atoms with Gasteiger partial charge in [-0.15, -0.1) is 0 Å². The Hall–Kier alpha value is -0.780. The van der Waals surface area contributed by atoms with Crippen molar-refractivity contribution in [2.75, 3.05) is 19.8 Å². The first kappa shape index (κ1) is 13.6. The Morgan fingerprint density at radius 3 is 2.50 bits per heavy atom. The summed E-state index contributed by atoms with van der Waals surface area (Å²) in [5, 5.41) is 0. The van der Waals surface area contributed by atoms with Gasteiger partial charge in [0.25, 0.3) is 0 Å². The second-order valence-corrected chi connectivity index (χ2v) is 6.11. The third-order valence-corrected chi connectivity index (χ3v) is 3.58. The molecule has 0 saturated heterocycles. The molecule has 0 fully saturated rings. The summed E-state index contributed by atoms with van der Waals surface area (Å²) in [4.78, 5) is 4.61. The molecule has 1 aliphatic heterocycles. The first-order valence-electron chi connectivity index (χ1n) is 5.91. The van der Waals surface area contributed by atoms with Gasteiger partial charge in [-0.05, 0) is 24.1 Å². The van der Waals surface area contributed by atoms with Crippen LogP contribution in [0.1, 0.15) is 19.4 Å². The van der Waals surface area contributed by atoms with E-state index in [9.17, 15) is 0 Å². The summed E-state index contributed by atoms with van der Waals surface area (Å²) < 4.78 is 12.6. The van der Waals surface area contributed by atoms with Crippen molar-refractivity contribution in [2.24, 2.45) is 11.3 Å². The Labute approximate surface area is 115 Å². The second kappa shape index (κ2) is 5.47. The Bertz CT molecular complexity index is 434. The van der Waals surface area contributed by atoms with Gasteiger partial charge in [0.15, 0.2) is 11.5 Å². The first-order chi connectivity index (χ1) is 8.52. The molecule has 0 atom stereocenters. The summed E-state index contributed by atoms with van der Waals surface area (Å²) >= 11 is 3.53. The molecule has 0 aliphatic carbocycles. The van der Waals surface area contributed by atoms with Crippen molar-refractivity contribution in [3.05, 3.63) is 22.2 Å². The molecule has 1 aromatic carbocycles. The first-order valence-corrected chi connectivity index (χ1v) is 6.71. The molecule has 0 aromatic heterocycles. The summed E-state index contributed by atoms with van der Waals surface area (Å²) in [6.07, 6.45) is 0.733. The molecule has 1 heterocycles. The Balaban J connectivity index is 2.24. The number of benzene rings is 1. The highest BCUT2D eigenvalue weighted by Gasteiger charge is 2.25. The van der Waals surface area contributed by atoms with Crippen LogP contribution in [0.25, 0.3) is 0 Å². The Morgan fingerprint density at radius 2 is 1.89 bits per heavy atom. The van der Waals surface area contributed by atoms with Crippen LogP contribution in [0, 0.1) is 5.41 Å². The van der Waals surface area contributed by atoms with Crippen LogP contribution in [-0.4, -0.2) is 19.8 Å². The van der Waals surface area contributed by atoms with E-state index in [1.807, 2.05) is 12.1 Å². The quantitative estimate of drug-likeness (QED) is 0.871. The fourth-order valence-electron chi connectivity index (χ4n) is 1.75. The molecule has 0 saturated carbocycles. The summed E-state index contributed by atoms with van der Waals surface area (Å²) in [5.74, 6) is 6.62. The molecule has 5 heteroatoms. The van der Waals surface area contributed by atoms with Crippen LogP contribution in [-0.2, 0) is 11.3 Å². The van der Waals surface area contributed by atoms with E-state index in [4.69, 9.17) is 15.4 Å². The van der Waals surface area contributed by atoms with Gasteiger partial charge in [-0.25, -0.2) is 5.90 Å². The van der Waals surface area contributed by atoms with Crippen LogP contribution >= 0.6 is 15.9 Å². The van der Waals surface area contributed by atoms with E-state index < -0.39 is 0 Å². The van der Waals surface area contributed by atoms with Gasteiger partial charge in [0.1, 0.15) is 0 Å². The minimum Gasteiger partial charge on any atom is -0.489 e. The zero-order chi connectivity index (χ0) is 13.2. The van der Waals surface area contributed by atoms with Crippen molar-refractivity contribution in [1.82, 2.24) is 0 Å². The second-order valence-electron chi connectivity index (χ2n) is 5.25. The number of fused-ring (bicyclic) bond motifs is 1. The topological polar surface area (TPSA) is 53.7 Å². The summed E-state index contributed by atoms with van der Waals surface area (Å²) in [6, 6.07) is 3.93. The summed E-state index contributed by atoms with van der Waals surface area (Å²) in [7, 11) is 0. The SMILES string of the molecule is CC1(C)COc2cc(Br)c(CCON)cc2OC1. The van der Waals surface area contributed by atoms with E-state index in [-0.39, 0.29) is 5.41 Å². The molecule has 100 valence electrons. The average molecular weight is 316 g/mol. The van der Waals surface area contributed by atoms with Crippen molar-refractivity contribution in [1.29, 1.82) is 0 Å². The van der Waals surface area contributed by atoms with Gasteiger partial charge in [0.2, 0.25) is 0 Å². The van der Waals surface area contributed by atoms with Gasteiger partial charge in [0.05, 0.1) is 19.8 Å². The van der Waals surface area contributed by atoms with Crippen LogP contribution in [0.5, 0.6) is 11.5 Å². The third-order valence-electron chi connectivity index (χ3n) is 2.84. The van der Waals surface area contributed by atoms with E-state index in [0.29, 0.717) is 19.8 Å². The summed E-state index contributed by atoms with van der Waals surface area (Å²) in [5.41, 5.74) is 1.12. The largest absolute Gasteiger partial charge is 0.489 e. The minimum absolute atomic E-state index is 0.0199. The van der Waals surface area contributed by atoms with Crippen LogP contribution < -0.4 is 15.4 Å². The van der Waals surface area contributed by atoms with Crippen LogP contribution in [0.4, 0.5) is 0 Å². The van der Waals surface area contributed by atoms with Crippen molar-refractivity contribution in [2.45, 2.75) is 20.3 Å². The lowest BCUT2D eigenvalue weighted by atomic mass is 9.97. The van der Waals surface area contributed by atoms with E-state index in [1.165, 1.54) is 0 Å². The molecule has 0 radical (unpaired) electrons. The number of hydrogen-bond donors (Lipinski definition) is 1. The van der Waals surface area contributed by atoms with Crippen LogP contribution in [0.15, 0.2) is 16.6 Å². The lowest BCUT2D eigenvalue weighted by Crippen LogP contribution is -2.26. The van der Waals surface area contributed by atoms with Gasteiger partial charge in [-0.1, -0.05) is 29.8 Å². The standard InChI is InChI=1S/C13H18BrNO3/c1-13(2)7-16-11-5-9(3-4-18-15)10(14)6-12(11)17-8-13/h5-6H,3-4,7-8,15H2,1-2H3. The number of nitrogens with two attached hydrogens (primary N) is 1. The number of ether oxygens (including phenoxy) is 2. The van der Waals surface area contributed by atoms with Gasteiger partial charge in [-0.3, -0.25) is 0 Å². The highest BCUT2D eigenvalue weighted by atomic mass is 79.9. The van der Waals surface area contributed by atoms with Gasteiger partial charge >= 0.3 is 0 Å². The molecule has 18 heavy (non-hydrogen) atoms. The molecule has 4 nitrogen and oxygen atoms in total. The zero-order valence-electron chi connectivity index (χ0n) is 10.7. The lowest BCUT2D eigenvalue weighted by molar-refractivity contribution is 0.139. The van der Waals surface area contributed by atoms with E-state index >= 15 is 0 Å². The third kappa shape index (κ3) is 3.16. The zero-order valence-corrected chi connectivity index (χ0v) is 12.2. The normalized spacial score (nSPS) is 17.3. The monoisotopic (exact) mass is 315 g/mol. The predicted molar refractivity (Wildman–Crippen MR) is 72.8 cm³/mol. The smallest absolute Gasteiger partial charge is 0.162 e. The van der Waals surface area contributed by atoms with Crippen LogP contribution in [0.3, 0.4) is 0 Å². The van der Waals surface area contributed by atoms with Crippen molar-refractivity contribution in [3.63, 3.8) is 0 Å². The van der Waals surface area contributed by atoms with E-state index in [2.05, 4.69) is 34.6 Å². The van der Waals surface area contributed by atoms with Crippen molar-refractivity contribution in [3.8, 4) is 11.5 Å². The molecule has 2 N–H and O–H groups in total. The van der Waals surface area contributed by atoms with Gasteiger partial charge in [-0.2, -0.15) is 0 Å². The molecule has 2 rings (SSSR count). The molecular weight excluding hydrogens is 298 g/mol.